The van der Waals surface area contributed by atoms with Crippen LogP contribution in [-0.4, -0.2) is 33.1 Å². The molecule has 0 radical (unpaired) electrons. The molecule has 6 heteroatoms. The van der Waals surface area contributed by atoms with Crippen LogP contribution in [0.25, 0.3) is 6.08 Å². The summed E-state index contributed by atoms with van der Waals surface area (Å²) in [6, 6.07) is 8.39. The summed E-state index contributed by atoms with van der Waals surface area (Å²) in [7, 11) is 3.15. The quantitative estimate of drug-likeness (QED) is 0.784. The molecule has 29 heavy (non-hydrogen) atoms. The number of carbonyl (C=O) groups is 1. The molecule has 2 heterocycles. The first-order chi connectivity index (χ1) is 14.1. The lowest BCUT2D eigenvalue weighted by atomic mass is 10.0. The topological polar surface area (TPSA) is 72.3 Å². The number of rotatable bonds is 5. The molecule has 0 unspecified atom stereocenters. The first-order valence-corrected chi connectivity index (χ1v) is 9.93. The lowest BCUT2D eigenvalue weighted by Crippen LogP contribution is -3.11. The first-order valence-electron chi connectivity index (χ1n) is 9.93. The predicted octanol–water partition coefficient (Wildman–Crippen LogP) is 1.96. The van der Waals surface area contributed by atoms with Crippen molar-refractivity contribution in [2.24, 2.45) is 0 Å². The summed E-state index contributed by atoms with van der Waals surface area (Å²) in [6.07, 6.45) is 5.22. The molecule has 1 saturated heterocycles. The molecule has 0 saturated carbocycles. The molecule has 152 valence electrons. The van der Waals surface area contributed by atoms with Gasteiger partial charge >= 0.3 is 0 Å². The van der Waals surface area contributed by atoms with E-state index in [9.17, 15) is 9.90 Å². The van der Waals surface area contributed by atoms with Crippen molar-refractivity contribution in [3.05, 3.63) is 52.8 Å². The third kappa shape index (κ3) is 3.80. The molecule has 0 aliphatic carbocycles. The van der Waals surface area contributed by atoms with E-state index in [0.717, 1.165) is 13.1 Å². The number of hydrogen-bond acceptors (Lipinski definition) is 5. The Labute approximate surface area is 170 Å². The molecule has 2 aromatic carbocycles. The highest BCUT2D eigenvalue weighted by molar-refractivity contribution is 6.15. The SMILES string of the molecule is COc1ccc(OC)c(/C=C2\Oc3c(ccc([O-])c3C[NH+]3CCCCC3)C2=O)c1. The first kappa shape index (κ1) is 19.3. The Morgan fingerprint density at radius 2 is 1.90 bits per heavy atom. The highest BCUT2D eigenvalue weighted by Crippen LogP contribution is 2.39. The minimum atomic E-state index is -0.222. The van der Waals surface area contributed by atoms with Crippen LogP contribution in [0.3, 0.4) is 0 Å². The normalized spacial score (nSPS) is 17.9. The summed E-state index contributed by atoms with van der Waals surface area (Å²) in [6.45, 7) is 2.67. The fourth-order valence-corrected chi connectivity index (χ4v) is 4.03. The molecule has 2 aromatic rings. The average molecular weight is 395 g/mol. The molecule has 0 aromatic heterocycles. The second-order valence-corrected chi connectivity index (χ2v) is 7.45. The minimum Gasteiger partial charge on any atom is -0.872 e. The van der Waals surface area contributed by atoms with Crippen LogP contribution >= 0.6 is 0 Å². The largest absolute Gasteiger partial charge is 0.872 e. The van der Waals surface area contributed by atoms with Gasteiger partial charge < -0.3 is 24.2 Å². The number of ether oxygens (including phenoxy) is 3. The van der Waals surface area contributed by atoms with E-state index in [1.165, 1.54) is 30.2 Å². The fraction of sp³-hybridized carbons (Fsp3) is 0.348. The standard InChI is InChI=1S/C23H25NO5/c1-27-16-6-9-20(28-2)15(12-16)13-21-22(26)17-7-8-19(25)18(23(17)29-21)14-24-10-4-3-5-11-24/h6-9,12-13,25H,3-5,10-11,14H2,1-2H3/b21-13-. The number of nitrogens with one attached hydrogen (secondary N) is 1. The summed E-state index contributed by atoms with van der Waals surface area (Å²) >= 11 is 0. The van der Waals surface area contributed by atoms with Crippen LogP contribution in [0.1, 0.15) is 40.7 Å². The van der Waals surface area contributed by atoms with E-state index in [1.807, 2.05) is 0 Å². The van der Waals surface area contributed by atoms with Gasteiger partial charge in [-0.05, 0) is 49.6 Å². The number of quaternary nitrogens is 1. The van der Waals surface area contributed by atoms with E-state index in [1.54, 1.807) is 44.6 Å². The van der Waals surface area contributed by atoms with Crippen molar-refractivity contribution in [2.45, 2.75) is 25.8 Å². The van der Waals surface area contributed by atoms with Gasteiger partial charge in [0.15, 0.2) is 5.76 Å². The summed E-state index contributed by atoms with van der Waals surface area (Å²) in [5, 5.41) is 12.5. The molecule has 1 N–H and O–H groups in total. The number of allylic oxidation sites excluding steroid dienone is 1. The summed E-state index contributed by atoms with van der Waals surface area (Å²) in [5.74, 6) is 1.56. The Balaban J connectivity index is 1.68. The summed E-state index contributed by atoms with van der Waals surface area (Å²) in [4.78, 5) is 14.3. The van der Waals surface area contributed by atoms with E-state index >= 15 is 0 Å². The van der Waals surface area contributed by atoms with Crippen molar-refractivity contribution < 1.29 is 29.0 Å². The molecule has 1 fully saturated rings. The molecule has 0 bridgehead atoms. The lowest BCUT2D eigenvalue weighted by molar-refractivity contribution is -0.918. The van der Waals surface area contributed by atoms with Crippen LogP contribution in [0, 0.1) is 0 Å². The average Bonchev–Trinajstić information content (AvgIpc) is 3.06. The molecular formula is C23H25NO5. The van der Waals surface area contributed by atoms with Gasteiger partial charge in [-0.2, -0.15) is 0 Å². The van der Waals surface area contributed by atoms with Crippen LogP contribution < -0.4 is 24.2 Å². The number of ketones is 1. The smallest absolute Gasteiger partial charge is 0.231 e. The van der Waals surface area contributed by atoms with E-state index < -0.39 is 0 Å². The second kappa shape index (κ2) is 8.17. The van der Waals surface area contributed by atoms with Crippen molar-refractivity contribution in [3.63, 3.8) is 0 Å². The number of carbonyl (C=O) groups excluding carboxylic acids is 1. The fourth-order valence-electron chi connectivity index (χ4n) is 4.03. The van der Waals surface area contributed by atoms with E-state index in [4.69, 9.17) is 14.2 Å². The maximum Gasteiger partial charge on any atom is 0.231 e. The van der Waals surface area contributed by atoms with Gasteiger partial charge in [-0.15, -0.1) is 0 Å². The van der Waals surface area contributed by atoms with Gasteiger partial charge in [0.2, 0.25) is 5.78 Å². The number of Topliss-reactive ketones (excluding diaryl/α,β-unsaturated/α-hetero) is 1. The van der Waals surface area contributed by atoms with Gasteiger partial charge in [-0.3, -0.25) is 4.79 Å². The number of hydrogen-bond donors (Lipinski definition) is 1. The molecule has 0 atom stereocenters. The molecular weight excluding hydrogens is 370 g/mol. The Morgan fingerprint density at radius 3 is 2.62 bits per heavy atom. The number of methoxy groups -OCH3 is 2. The monoisotopic (exact) mass is 395 g/mol. The van der Waals surface area contributed by atoms with Gasteiger partial charge in [0.1, 0.15) is 23.8 Å². The Morgan fingerprint density at radius 1 is 1.10 bits per heavy atom. The van der Waals surface area contributed by atoms with E-state index in [0.29, 0.717) is 40.5 Å². The zero-order valence-corrected chi connectivity index (χ0v) is 16.7. The van der Waals surface area contributed by atoms with Crippen molar-refractivity contribution in [3.8, 4) is 23.0 Å². The maximum atomic E-state index is 12.9. The molecule has 6 nitrogen and oxygen atoms in total. The second-order valence-electron chi connectivity index (χ2n) is 7.45. The molecule has 0 spiro atoms. The molecule has 2 aliphatic heterocycles. The van der Waals surface area contributed by atoms with Crippen molar-refractivity contribution in [2.75, 3.05) is 27.3 Å². The van der Waals surface area contributed by atoms with Crippen LogP contribution in [0.4, 0.5) is 0 Å². The maximum absolute atomic E-state index is 12.9. The molecule has 4 rings (SSSR count). The van der Waals surface area contributed by atoms with Crippen molar-refractivity contribution >= 4 is 11.9 Å². The number of piperidine rings is 1. The Kier molecular flexibility index (Phi) is 5.45. The van der Waals surface area contributed by atoms with Gasteiger partial charge in [0.25, 0.3) is 0 Å². The van der Waals surface area contributed by atoms with Crippen molar-refractivity contribution in [1.29, 1.82) is 0 Å². The van der Waals surface area contributed by atoms with Gasteiger partial charge in [-0.1, -0.05) is 11.8 Å². The number of fused-ring (bicyclic) bond motifs is 1. The zero-order valence-electron chi connectivity index (χ0n) is 16.7. The summed E-state index contributed by atoms with van der Waals surface area (Å²) in [5.41, 5.74) is 1.71. The van der Waals surface area contributed by atoms with Gasteiger partial charge in [0, 0.05) is 11.1 Å². The van der Waals surface area contributed by atoms with Crippen LogP contribution in [-0.2, 0) is 6.54 Å². The van der Waals surface area contributed by atoms with Crippen LogP contribution in [0.2, 0.25) is 0 Å². The minimum absolute atomic E-state index is 0.0742. The third-order valence-electron chi connectivity index (χ3n) is 5.61. The highest BCUT2D eigenvalue weighted by Gasteiger charge is 2.31. The Hall–Kier alpha value is -2.99. The predicted molar refractivity (Wildman–Crippen MR) is 107 cm³/mol. The molecule has 2 aliphatic rings. The lowest BCUT2D eigenvalue weighted by Gasteiger charge is -2.26. The Bertz CT molecular complexity index is 960. The van der Waals surface area contributed by atoms with Gasteiger partial charge in [0.05, 0.1) is 32.9 Å². The van der Waals surface area contributed by atoms with E-state index in [-0.39, 0.29) is 17.3 Å². The van der Waals surface area contributed by atoms with Crippen LogP contribution in [0.15, 0.2) is 36.1 Å². The van der Waals surface area contributed by atoms with Gasteiger partial charge in [-0.25, -0.2) is 0 Å². The van der Waals surface area contributed by atoms with Crippen molar-refractivity contribution in [1.82, 2.24) is 0 Å². The number of likely N-dealkylation sites (tertiary alicyclic amines) is 1. The number of benzene rings is 2. The highest BCUT2D eigenvalue weighted by atomic mass is 16.5. The zero-order chi connectivity index (χ0) is 20.4. The third-order valence-corrected chi connectivity index (χ3v) is 5.61. The summed E-state index contributed by atoms with van der Waals surface area (Å²) < 4.78 is 16.6. The molecule has 0 amide bonds. The van der Waals surface area contributed by atoms with E-state index in [2.05, 4.69) is 0 Å². The van der Waals surface area contributed by atoms with Crippen LogP contribution in [0.5, 0.6) is 23.0 Å².